The number of aromatic nitrogens is 2. The topological polar surface area (TPSA) is 43.8 Å². The van der Waals surface area contributed by atoms with Gasteiger partial charge in [-0.05, 0) is 44.6 Å². The minimum Gasteiger partial charge on any atom is -0.327 e. The molecule has 2 N–H and O–H groups in total. The van der Waals surface area contributed by atoms with Gasteiger partial charge in [0.1, 0.15) is 0 Å². The van der Waals surface area contributed by atoms with E-state index >= 15 is 0 Å². The lowest BCUT2D eigenvalue weighted by molar-refractivity contribution is 0.227. The monoisotopic (exact) mass is 263 g/mol. The van der Waals surface area contributed by atoms with Crippen molar-refractivity contribution < 1.29 is 0 Å². The number of nitrogens with two attached hydrogens (primary N) is 1. The predicted molar refractivity (Wildman–Crippen MR) is 80.0 cm³/mol. The number of hydrogen-bond acceptors (Lipinski definition) is 2. The van der Waals surface area contributed by atoms with Crippen molar-refractivity contribution in [2.45, 2.75) is 71.4 Å². The summed E-state index contributed by atoms with van der Waals surface area (Å²) in [5.41, 5.74) is 7.59. The minimum absolute atomic E-state index is 0.282. The molecule has 0 bridgehead atoms. The van der Waals surface area contributed by atoms with Gasteiger partial charge in [-0.2, -0.15) is 5.10 Å². The molecule has 1 aliphatic rings. The van der Waals surface area contributed by atoms with Crippen LogP contribution in [-0.2, 0) is 6.42 Å². The molecular formula is C16H29N3. The maximum Gasteiger partial charge on any atom is 0.0640 e. The van der Waals surface area contributed by atoms with Crippen molar-refractivity contribution >= 4 is 0 Å². The molecule has 1 fully saturated rings. The first-order chi connectivity index (χ1) is 9.10. The van der Waals surface area contributed by atoms with Gasteiger partial charge < -0.3 is 5.73 Å². The SMILES string of the molecule is CCC1CCCC(C(N)Cc2ccn(C(C)C)n2)C1. The van der Waals surface area contributed by atoms with Gasteiger partial charge in [-0.3, -0.25) is 4.68 Å². The molecule has 2 rings (SSSR count). The summed E-state index contributed by atoms with van der Waals surface area (Å²) < 4.78 is 2.03. The second-order valence-electron chi connectivity index (χ2n) is 6.45. The van der Waals surface area contributed by atoms with Crippen molar-refractivity contribution in [2.75, 3.05) is 0 Å². The predicted octanol–water partition coefficient (Wildman–Crippen LogP) is 3.55. The molecule has 3 heteroatoms. The van der Waals surface area contributed by atoms with E-state index in [1.54, 1.807) is 0 Å². The molecule has 19 heavy (non-hydrogen) atoms. The van der Waals surface area contributed by atoms with Crippen LogP contribution in [0.3, 0.4) is 0 Å². The molecule has 3 nitrogen and oxygen atoms in total. The summed E-state index contributed by atoms with van der Waals surface area (Å²) in [6, 6.07) is 2.84. The van der Waals surface area contributed by atoms with Crippen molar-refractivity contribution in [2.24, 2.45) is 17.6 Å². The molecule has 1 saturated carbocycles. The lowest BCUT2D eigenvalue weighted by atomic mass is 9.76. The smallest absolute Gasteiger partial charge is 0.0640 e. The highest BCUT2D eigenvalue weighted by Gasteiger charge is 2.26. The normalized spacial score (nSPS) is 25.7. The number of hydrogen-bond donors (Lipinski definition) is 1. The molecule has 1 heterocycles. The first kappa shape index (κ1) is 14.6. The fourth-order valence-corrected chi connectivity index (χ4v) is 3.27. The Kier molecular flexibility index (Phi) is 5.03. The molecule has 108 valence electrons. The zero-order valence-corrected chi connectivity index (χ0v) is 12.7. The Morgan fingerprint density at radius 3 is 2.84 bits per heavy atom. The van der Waals surface area contributed by atoms with Gasteiger partial charge in [-0.25, -0.2) is 0 Å². The molecule has 0 aromatic carbocycles. The van der Waals surface area contributed by atoms with Crippen LogP contribution in [0.15, 0.2) is 12.3 Å². The van der Waals surface area contributed by atoms with Gasteiger partial charge in [0.2, 0.25) is 0 Å². The van der Waals surface area contributed by atoms with Crippen molar-refractivity contribution in [3.63, 3.8) is 0 Å². The van der Waals surface area contributed by atoms with E-state index in [-0.39, 0.29) is 6.04 Å². The van der Waals surface area contributed by atoms with Gasteiger partial charge in [-0.15, -0.1) is 0 Å². The van der Waals surface area contributed by atoms with Crippen LogP contribution in [0.25, 0.3) is 0 Å². The first-order valence-electron chi connectivity index (χ1n) is 7.89. The van der Waals surface area contributed by atoms with Gasteiger partial charge in [0, 0.05) is 24.7 Å². The van der Waals surface area contributed by atoms with Gasteiger partial charge in [0.05, 0.1) is 5.69 Å². The standard InChI is InChI=1S/C16H29N3/c1-4-13-6-5-7-14(10-13)16(17)11-15-8-9-19(18-15)12(2)3/h8-9,12-14,16H,4-7,10-11,17H2,1-3H3. The lowest BCUT2D eigenvalue weighted by Gasteiger charge is -2.32. The highest BCUT2D eigenvalue weighted by molar-refractivity contribution is 5.03. The van der Waals surface area contributed by atoms with Crippen LogP contribution in [0.5, 0.6) is 0 Å². The zero-order valence-electron chi connectivity index (χ0n) is 12.7. The Labute approximate surface area is 117 Å². The average Bonchev–Trinajstić information content (AvgIpc) is 2.87. The van der Waals surface area contributed by atoms with Gasteiger partial charge >= 0.3 is 0 Å². The fourth-order valence-electron chi connectivity index (χ4n) is 3.27. The van der Waals surface area contributed by atoms with Crippen LogP contribution >= 0.6 is 0 Å². The van der Waals surface area contributed by atoms with Crippen molar-refractivity contribution in [3.05, 3.63) is 18.0 Å². The summed E-state index contributed by atoms with van der Waals surface area (Å²) >= 11 is 0. The molecule has 1 aromatic heterocycles. The lowest BCUT2D eigenvalue weighted by Crippen LogP contribution is -2.35. The van der Waals surface area contributed by atoms with E-state index in [2.05, 4.69) is 38.1 Å². The van der Waals surface area contributed by atoms with Crippen molar-refractivity contribution in [1.29, 1.82) is 0 Å². The highest BCUT2D eigenvalue weighted by atomic mass is 15.3. The maximum atomic E-state index is 6.43. The molecule has 0 saturated heterocycles. The summed E-state index contributed by atoms with van der Waals surface area (Å²) in [6.07, 6.45) is 9.71. The Balaban J connectivity index is 1.90. The molecule has 0 aliphatic heterocycles. The summed E-state index contributed by atoms with van der Waals surface area (Å²) in [5.74, 6) is 1.60. The summed E-state index contributed by atoms with van der Waals surface area (Å²) in [7, 11) is 0. The Hall–Kier alpha value is -0.830. The summed E-state index contributed by atoms with van der Waals surface area (Å²) in [5, 5.41) is 4.62. The third kappa shape index (κ3) is 3.82. The molecular weight excluding hydrogens is 234 g/mol. The Morgan fingerprint density at radius 1 is 1.42 bits per heavy atom. The van der Waals surface area contributed by atoms with E-state index < -0.39 is 0 Å². The quantitative estimate of drug-likeness (QED) is 0.883. The first-order valence-corrected chi connectivity index (χ1v) is 7.89. The second-order valence-corrected chi connectivity index (χ2v) is 6.45. The van der Waals surface area contributed by atoms with Crippen LogP contribution in [0.2, 0.25) is 0 Å². The van der Waals surface area contributed by atoms with Crippen molar-refractivity contribution in [3.8, 4) is 0 Å². The second kappa shape index (κ2) is 6.56. The van der Waals surface area contributed by atoms with Gasteiger partial charge in [0.25, 0.3) is 0 Å². The molecule has 3 atom stereocenters. The summed E-state index contributed by atoms with van der Waals surface area (Å²) in [4.78, 5) is 0. The van der Waals surface area contributed by atoms with E-state index in [4.69, 9.17) is 5.73 Å². The Morgan fingerprint density at radius 2 is 2.21 bits per heavy atom. The van der Waals surface area contributed by atoms with Crippen molar-refractivity contribution in [1.82, 2.24) is 9.78 Å². The average molecular weight is 263 g/mol. The third-order valence-electron chi connectivity index (χ3n) is 4.64. The molecule has 1 aromatic rings. The Bertz CT molecular complexity index is 383. The van der Waals surface area contributed by atoms with E-state index in [1.165, 1.54) is 32.1 Å². The van der Waals surface area contributed by atoms with E-state index in [0.717, 1.165) is 18.0 Å². The van der Waals surface area contributed by atoms with Crippen LogP contribution < -0.4 is 5.73 Å². The third-order valence-corrected chi connectivity index (χ3v) is 4.64. The van der Waals surface area contributed by atoms with Gasteiger partial charge in [-0.1, -0.05) is 26.2 Å². The van der Waals surface area contributed by atoms with Crippen LogP contribution in [0.1, 0.15) is 64.6 Å². The van der Waals surface area contributed by atoms with E-state index in [0.29, 0.717) is 12.0 Å². The van der Waals surface area contributed by atoms with Crippen LogP contribution in [0, 0.1) is 11.8 Å². The molecule has 0 amide bonds. The number of rotatable bonds is 5. The number of nitrogens with zero attached hydrogens (tertiary/aromatic N) is 2. The molecule has 1 aliphatic carbocycles. The minimum atomic E-state index is 0.282. The fraction of sp³-hybridized carbons (Fsp3) is 0.812. The van der Waals surface area contributed by atoms with Crippen LogP contribution in [-0.4, -0.2) is 15.8 Å². The van der Waals surface area contributed by atoms with Gasteiger partial charge in [0.15, 0.2) is 0 Å². The molecule has 0 spiro atoms. The van der Waals surface area contributed by atoms with E-state index in [9.17, 15) is 0 Å². The maximum absolute atomic E-state index is 6.43. The summed E-state index contributed by atoms with van der Waals surface area (Å²) in [6.45, 7) is 6.62. The molecule has 0 radical (unpaired) electrons. The van der Waals surface area contributed by atoms with E-state index in [1.807, 2.05) is 4.68 Å². The largest absolute Gasteiger partial charge is 0.327 e. The zero-order chi connectivity index (χ0) is 13.8. The van der Waals surface area contributed by atoms with Crippen LogP contribution in [0.4, 0.5) is 0 Å². The highest BCUT2D eigenvalue weighted by Crippen LogP contribution is 2.33. The molecule has 3 unspecified atom stereocenters.